The fraction of sp³-hybridized carbons (Fsp3) is 0.929. The molecule has 106 valence electrons. The minimum atomic E-state index is -0.551. The highest BCUT2D eigenvalue weighted by atomic mass is 16.5. The van der Waals surface area contributed by atoms with Gasteiger partial charge in [0.15, 0.2) is 0 Å². The van der Waals surface area contributed by atoms with Crippen LogP contribution in [0.15, 0.2) is 0 Å². The van der Waals surface area contributed by atoms with Gasteiger partial charge < -0.3 is 15.0 Å². The molecule has 2 unspecified atom stereocenters. The van der Waals surface area contributed by atoms with E-state index >= 15 is 0 Å². The standard InChI is InChI=1S/C14H28N2O2/c1-5-12-8-7-10-16(12)11-9-14(3,15-6-2)13(17)18-4/h12,15H,5-11H2,1-4H3. The van der Waals surface area contributed by atoms with Crippen LogP contribution in [0.3, 0.4) is 0 Å². The number of carbonyl (C=O) groups is 1. The molecule has 1 fully saturated rings. The van der Waals surface area contributed by atoms with Crippen molar-refractivity contribution in [2.24, 2.45) is 0 Å². The van der Waals surface area contributed by atoms with Crippen LogP contribution in [-0.2, 0) is 9.53 Å². The molecule has 1 aliphatic heterocycles. The molecule has 0 radical (unpaired) electrons. The maximum atomic E-state index is 11.9. The first kappa shape index (κ1) is 15.4. The van der Waals surface area contributed by atoms with Gasteiger partial charge in [0.1, 0.15) is 5.54 Å². The van der Waals surface area contributed by atoms with E-state index in [2.05, 4.69) is 17.1 Å². The van der Waals surface area contributed by atoms with E-state index < -0.39 is 5.54 Å². The summed E-state index contributed by atoms with van der Waals surface area (Å²) in [4.78, 5) is 14.4. The smallest absolute Gasteiger partial charge is 0.325 e. The lowest BCUT2D eigenvalue weighted by molar-refractivity contribution is -0.148. The van der Waals surface area contributed by atoms with Gasteiger partial charge in [0.25, 0.3) is 0 Å². The molecule has 2 atom stereocenters. The van der Waals surface area contributed by atoms with Crippen LogP contribution in [0, 0.1) is 0 Å². The molecule has 0 amide bonds. The van der Waals surface area contributed by atoms with Crippen LogP contribution < -0.4 is 5.32 Å². The number of likely N-dealkylation sites (N-methyl/N-ethyl adjacent to an activating group) is 1. The van der Waals surface area contributed by atoms with Crippen molar-refractivity contribution in [2.75, 3.05) is 26.7 Å². The molecule has 1 heterocycles. The van der Waals surface area contributed by atoms with Gasteiger partial charge in [-0.1, -0.05) is 13.8 Å². The molecule has 1 aliphatic rings. The Balaban J connectivity index is 2.54. The van der Waals surface area contributed by atoms with Gasteiger partial charge in [-0.05, 0) is 45.7 Å². The van der Waals surface area contributed by atoms with Gasteiger partial charge in [-0.15, -0.1) is 0 Å². The maximum absolute atomic E-state index is 11.9. The second-order valence-electron chi connectivity index (χ2n) is 5.34. The van der Waals surface area contributed by atoms with Crippen molar-refractivity contribution in [3.05, 3.63) is 0 Å². The molecule has 1 rings (SSSR count). The minimum absolute atomic E-state index is 0.156. The normalized spacial score (nSPS) is 23.9. The van der Waals surface area contributed by atoms with Crippen molar-refractivity contribution in [1.29, 1.82) is 0 Å². The summed E-state index contributed by atoms with van der Waals surface area (Å²) < 4.78 is 4.92. The highest BCUT2D eigenvalue weighted by Gasteiger charge is 2.34. The first-order valence-electron chi connectivity index (χ1n) is 7.14. The lowest BCUT2D eigenvalue weighted by atomic mass is 9.97. The lowest BCUT2D eigenvalue weighted by Crippen LogP contribution is -2.52. The van der Waals surface area contributed by atoms with E-state index in [1.165, 1.54) is 32.9 Å². The monoisotopic (exact) mass is 256 g/mol. The Morgan fingerprint density at radius 2 is 2.22 bits per heavy atom. The number of hydrogen-bond acceptors (Lipinski definition) is 4. The van der Waals surface area contributed by atoms with Gasteiger partial charge in [-0.2, -0.15) is 0 Å². The van der Waals surface area contributed by atoms with E-state index in [-0.39, 0.29) is 5.97 Å². The topological polar surface area (TPSA) is 41.6 Å². The zero-order chi connectivity index (χ0) is 13.6. The molecule has 0 spiro atoms. The summed E-state index contributed by atoms with van der Waals surface area (Å²) >= 11 is 0. The lowest BCUT2D eigenvalue weighted by Gasteiger charge is -2.31. The highest BCUT2D eigenvalue weighted by molar-refractivity contribution is 5.80. The van der Waals surface area contributed by atoms with Gasteiger partial charge in [0, 0.05) is 12.6 Å². The van der Waals surface area contributed by atoms with E-state index in [1.807, 2.05) is 13.8 Å². The number of carbonyl (C=O) groups excluding carboxylic acids is 1. The van der Waals surface area contributed by atoms with Crippen molar-refractivity contribution >= 4 is 5.97 Å². The fourth-order valence-corrected chi connectivity index (χ4v) is 2.90. The summed E-state index contributed by atoms with van der Waals surface area (Å²) in [6.45, 7) is 9.12. The quantitative estimate of drug-likeness (QED) is 0.705. The van der Waals surface area contributed by atoms with Crippen LogP contribution in [-0.4, -0.2) is 49.2 Å². The summed E-state index contributed by atoms with van der Waals surface area (Å²) in [6, 6.07) is 0.702. The van der Waals surface area contributed by atoms with Crippen LogP contribution in [0.5, 0.6) is 0 Å². The van der Waals surface area contributed by atoms with Gasteiger partial charge in [0.05, 0.1) is 7.11 Å². The van der Waals surface area contributed by atoms with Crippen LogP contribution in [0.25, 0.3) is 0 Å². The number of likely N-dealkylation sites (tertiary alicyclic amines) is 1. The van der Waals surface area contributed by atoms with Crippen molar-refractivity contribution in [3.8, 4) is 0 Å². The Morgan fingerprint density at radius 1 is 1.50 bits per heavy atom. The van der Waals surface area contributed by atoms with Crippen molar-refractivity contribution in [3.63, 3.8) is 0 Å². The van der Waals surface area contributed by atoms with E-state index in [0.717, 1.165) is 19.5 Å². The number of methoxy groups -OCH3 is 1. The molecular formula is C14H28N2O2. The molecule has 0 aliphatic carbocycles. The van der Waals surface area contributed by atoms with E-state index in [0.29, 0.717) is 6.04 Å². The van der Waals surface area contributed by atoms with E-state index in [4.69, 9.17) is 4.74 Å². The third kappa shape index (κ3) is 3.69. The SMILES string of the molecule is CCNC(C)(CCN1CCCC1CC)C(=O)OC. The second kappa shape index (κ2) is 7.10. The number of esters is 1. The van der Waals surface area contributed by atoms with Crippen molar-refractivity contribution in [2.45, 2.75) is 58.0 Å². The summed E-state index contributed by atoms with van der Waals surface area (Å²) in [5.74, 6) is -0.156. The summed E-state index contributed by atoms with van der Waals surface area (Å²) in [5, 5.41) is 3.27. The molecular weight excluding hydrogens is 228 g/mol. The van der Waals surface area contributed by atoms with E-state index in [1.54, 1.807) is 0 Å². The van der Waals surface area contributed by atoms with E-state index in [9.17, 15) is 4.79 Å². The van der Waals surface area contributed by atoms with Crippen LogP contribution in [0.2, 0.25) is 0 Å². The van der Waals surface area contributed by atoms with Gasteiger partial charge >= 0.3 is 5.97 Å². The molecule has 1 saturated heterocycles. The maximum Gasteiger partial charge on any atom is 0.325 e. The Kier molecular flexibility index (Phi) is 6.09. The number of rotatable bonds is 7. The predicted molar refractivity (Wildman–Crippen MR) is 73.6 cm³/mol. The van der Waals surface area contributed by atoms with Crippen LogP contribution >= 0.6 is 0 Å². The van der Waals surface area contributed by atoms with Gasteiger partial charge in [-0.3, -0.25) is 4.79 Å². The zero-order valence-electron chi connectivity index (χ0n) is 12.3. The Bertz CT molecular complexity index is 271. The minimum Gasteiger partial charge on any atom is -0.468 e. The molecule has 0 aromatic carbocycles. The molecule has 0 saturated carbocycles. The van der Waals surface area contributed by atoms with Crippen molar-refractivity contribution < 1.29 is 9.53 Å². The van der Waals surface area contributed by atoms with Crippen LogP contribution in [0.4, 0.5) is 0 Å². The molecule has 1 N–H and O–H groups in total. The third-order valence-electron chi connectivity index (χ3n) is 4.07. The third-order valence-corrected chi connectivity index (χ3v) is 4.07. The Labute approximate surface area is 111 Å². The fourth-order valence-electron chi connectivity index (χ4n) is 2.90. The predicted octanol–water partition coefficient (Wildman–Crippen LogP) is 1.79. The molecule has 18 heavy (non-hydrogen) atoms. The number of hydrogen-bond donors (Lipinski definition) is 1. The number of nitrogens with one attached hydrogen (secondary N) is 1. The molecule has 0 aromatic heterocycles. The zero-order valence-corrected chi connectivity index (χ0v) is 12.3. The van der Waals surface area contributed by atoms with Gasteiger partial charge in [0.2, 0.25) is 0 Å². The van der Waals surface area contributed by atoms with Crippen molar-refractivity contribution in [1.82, 2.24) is 10.2 Å². The summed E-state index contributed by atoms with van der Waals surface area (Å²) in [5.41, 5.74) is -0.551. The summed E-state index contributed by atoms with van der Waals surface area (Å²) in [7, 11) is 1.46. The first-order valence-corrected chi connectivity index (χ1v) is 7.14. The Morgan fingerprint density at radius 3 is 2.78 bits per heavy atom. The average molecular weight is 256 g/mol. The molecule has 4 nitrogen and oxygen atoms in total. The largest absolute Gasteiger partial charge is 0.468 e. The second-order valence-corrected chi connectivity index (χ2v) is 5.34. The van der Waals surface area contributed by atoms with Crippen LogP contribution in [0.1, 0.15) is 46.5 Å². The number of ether oxygens (including phenoxy) is 1. The molecule has 4 heteroatoms. The Hall–Kier alpha value is -0.610. The average Bonchev–Trinajstić information content (AvgIpc) is 2.83. The number of nitrogens with zero attached hydrogens (tertiary/aromatic N) is 1. The first-order chi connectivity index (χ1) is 8.57. The molecule has 0 bridgehead atoms. The summed E-state index contributed by atoms with van der Waals surface area (Å²) in [6.07, 6.45) is 4.60. The molecule has 0 aromatic rings. The highest BCUT2D eigenvalue weighted by Crippen LogP contribution is 2.22. The van der Waals surface area contributed by atoms with Gasteiger partial charge in [-0.25, -0.2) is 0 Å².